The minimum atomic E-state index is 0.233. The quantitative estimate of drug-likeness (QED) is 0.540. The molecule has 3 unspecified atom stereocenters. The third kappa shape index (κ3) is 1.08. The SMILES string of the molecule is CC1CN(C)C2CNCC2C1=O. The average Bonchev–Trinajstić information content (AvgIpc) is 2.48. The minimum Gasteiger partial charge on any atom is -0.314 e. The van der Waals surface area contributed by atoms with Crippen LogP contribution in [0.4, 0.5) is 0 Å². The van der Waals surface area contributed by atoms with Gasteiger partial charge in [0.1, 0.15) is 5.78 Å². The lowest BCUT2D eigenvalue weighted by Crippen LogP contribution is -2.50. The molecule has 2 rings (SSSR count). The van der Waals surface area contributed by atoms with E-state index in [1.54, 1.807) is 0 Å². The fraction of sp³-hybridized carbons (Fsp3) is 0.889. The van der Waals surface area contributed by atoms with E-state index in [-0.39, 0.29) is 11.8 Å². The second-order valence-corrected chi connectivity index (χ2v) is 4.08. The molecule has 0 aliphatic carbocycles. The molecule has 0 bridgehead atoms. The summed E-state index contributed by atoms with van der Waals surface area (Å²) in [7, 11) is 2.12. The summed E-state index contributed by atoms with van der Waals surface area (Å²) in [6.45, 7) is 4.84. The standard InChI is InChI=1S/C9H16N2O/c1-6-5-11(2)8-4-10-3-7(8)9(6)12/h6-8,10H,3-5H2,1-2H3. The van der Waals surface area contributed by atoms with Crippen LogP contribution < -0.4 is 5.32 Å². The number of piperidine rings is 1. The Kier molecular flexibility index (Phi) is 1.93. The molecule has 12 heavy (non-hydrogen) atoms. The largest absolute Gasteiger partial charge is 0.314 e. The Labute approximate surface area is 73.1 Å². The molecule has 0 spiro atoms. The predicted octanol–water partition coefficient (Wildman–Crippen LogP) is -0.275. The molecule has 0 amide bonds. The number of hydrogen-bond donors (Lipinski definition) is 1. The Balaban J connectivity index is 2.17. The minimum absolute atomic E-state index is 0.233. The molecule has 3 atom stereocenters. The van der Waals surface area contributed by atoms with E-state index in [0.717, 1.165) is 19.6 Å². The van der Waals surface area contributed by atoms with Crippen LogP contribution in [0.25, 0.3) is 0 Å². The molecule has 0 radical (unpaired) electrons. The molecule has 0 saturated carbocycles. The first kappa shape index (κ1) is 8.20. The molecule has 0 aromatic carbocycles. The van der Waals surface area contributed by atoms with Gasteiger partial charge < -0.3 is 10.2 Å². The smallest absolute Gasteiger partial charge is 0.142 e. The number of carbonyl (C=O) groups excluding carboxylic acids is 1. The van der Waals surface area contributed by atoms with Gasteiger partial charge in [-0.05, 0) is 7.05 Å². The highest BCUT2D eigenvalue weighted by Gasteiger charge is 2.41. The van der Waals surface area contributed by atoms with Crippen LogP contribution in [0.2, 0.25) is 0 Å². The van der Waals surface area contributed by atoms with Crippen molar-refractivity contribution in [3.8, 4) is 0 Å². The van der Waals surface area contributed by atoms with Crippen molar-refractivity contribution in [3.63, 3.8) is 0 Å². The van der Waals surface area contributed by atoms with Crippen LogP contribution >= 0.6 is 0 Å². The molecule has 2 fully saturated rings. The fourth-order valence-electron chi connectivity index (χ4n) is 2.44. The predicted molar refractivity (Wildman–Crippen MR) is 46.9 cm³/mol. The molecular formula is C9H16N2O. The molecule has 0 aromatic heterocycles. The highest BCUT2D eigenvalue weighted by molar-refractivity contribution is 5.85. The Morgan fingerprint density at radius 2 is 2.25 bits per heavy atom. The molecular weight excluding hydrogens is 152 g/mol. The monoisotopic (exact) mass is 168 g/mol. The summed E-state index contributed by atoms with van der Waals surface area (Å²) in [5, 5.41) is 3.28. The van der Waals surface area contributed by atoms with Crippen LogP contribution in [0.15, 0.2) is 0 Å². The van der Waals surface area contributed by atoms with Crippen molar-refractivity contribution < 1.29 is 4.79 Å². The van der Waals surface area contributed by atoms with Gasteiger partial charge >= 0.3 is 0 Å². The number of rotatable bonds is 0. The first-order chi connectivity index (χ1) is 5.70. The molecule has 0 aromatic rings. The van der Waals surface area contributed by atoms with Gasteiger partial charge in [-0.2, -0.15) is 0 Å². The number of ketones is 1. The molecule has 2 aliphatic rings. The van der Waals surface area contributed by atoms with Gasteiger partial charge in [-0.25, -0.2) is 0 Å². The number of Topliss-reactive ketones (excluding diaryl/α,β-unsaturated/α-hetero) is 1. The maximum Gasteiger partial charge on any atom is 0.142 e. The highest BCUT2D eigenvalue weighted by atomic mass is 16.1. The number of nitrogens with zero attached hydrogens (tertiary/aromatic N) is 1. The summed E-state index contributed by atoms with van der Waals surface area (Å²) in [6.07, 6.45) is 0. The Bertz CT molecular complexity index is 205. The first-order valence-electron chi connectivity index (χ1n) is 4.65. The van der Waals surface area contributed by atoms with E-state index in [9.17, 15) is 4.79 Å². The van der Waals surface area contributed by atoms with Gasteiger partial charge in [0, 0.05) is 37.5 Å². The van der Waals surface area contributed by atoms with Gasteiger partial charge in [-0.15, -0.1) is 0 Å². The Morgan fingerprint density at radius 1 is 1.50 bits per heavy atom. The summed E-state index contributed by atoms with van der Waals surface area (Å²) in [5.41, 5.74) is 0. The summed E-state index contributed by atoms with van der Waals surface area (Å²) >= 11 is 0. The fourth-order valence-corrected chi connectivity index (χ4v) is 2.44. The second-order valence-electron chi connectivity index (χ2n) is 4.08. The maximum absolute atomic E-state index is 11.7. The van der Waals surface area contributed by atoms with Gasteiger partial charge in [-0.3, -0.25) is 4.79 Å². The van der Waals surface area contributed by atoms with Gasteiger partial charge in [0.15, 0.2) is 0 Å². The zero-order valence-corrected chi connectivity index (χ0v) is 7.71. The van der Waals surface area contributed by atoms with Crippen LogP contribution in [0.5, 0.6) is 0 Å². The number of carbonyl (C=O) groups is 1. The van der Waals surface area contributed by atoms with E-state index < -0.39 is 0 Å². The van der Waals surface area contributed by atoms with E-state index in [1.807, 2.05) is 6.92 Å². The zero-order chi connectivity index (χ0) is 8.72. The van der Waals surface area contributed by atoms with Crippen LogP contribution in [0, 0.1) is 11.8 Å². The topological polar surface area (TPSA) is 32.3 Å². The van der Waals surface area contributed by atoms with Crippen LogP contribution in [-0.4, -0.2) is 43.4 Å². The number of hydrogen-bond acceptors (Lipinski definition) is 3. The van der Waals surface area contributed by atoms with E-state index in [2.05, 4.69) is 17.3 Å². The Morgan fingerprint density at radius 3 is 3.00 bits per heavy atom. The number of fused-ring (bicyclic) bond motifs is 1. The highest BCUT2D eigenvalue weighted by Crippen LogP contribution is 2.25. The summed E-state index contributed by atoms with van der Waals surface area (Å²) in [6, 6.07) is 0.466. The molecule has 3 nitrogen and oxygen atoms in total. The number of likely N-dealkylation sites (tertiary alicyclic amines) is 1. The lowest BCUT2D eigenvalue weighted by Gasteiger charge is -2.36. The van der Waals surface area contributed by atoms with Crippen LogP contribution in [-0.2, 0) is 4.79 Å². The third-order valence-corrected chi connectivity index (χ3v) is 3.16. The average molecular weight is 168 g/mol. The summed E-state index contributed by atoms with van der Waals surface area (Å²) in [4.78, 5) is 14.0. The third-order valence-electron chi connectivity index (χ3n) is 3.16. The van der Waals surface area contributed by atoms with Crippen molar-refractivity contribution in [2.45, 2.75) is 13.0 Å². The van der Waals surface area contributed by atoms with E-state index in [4.69, 9.17) is 0 Å². The van der Waals surface area contributed by atoms with Crippen molar-refractivity contribution in [2.75, 3.05) is 26.7 Å². The molecule has 3 heteroatoms. The van der Waals surface area contributed by atoms with E-state index in [1.165, 1.54) is 0 Å². The van der Waals surface area contributed by atoms with Crippen molar-refractivity contribution in [1.29, 1.82) is 0 Å². The van der Waals surface area contributed by atoms with E-state index >= 15 is 0 Å². The van der Waals surface area contributed by atoms with Gasteiger partial charge in [-0.1, -0.05) is 6.92 Å². The molecule has 2 heterocycles. The van der Waals surface area contributed by atoms with Crippen molar-refractivity contribution >= 4 is 5.78 Å². The normalized spacial score (nSPS) is 43.2. The van der Waals surface area contributed by atoms with Gasteiger partial charge in [0.2, 0.25) is 0 Å². The Hall–Kier alpha value is -0.410. The van der Waals surface area contributed by atoms with Crippen molar-refractivity contribution in [2.24, 2.45) is 11.8 Å². The molecule has 1 N–H and O–H groups in total. The lowest BCUT2D eigenvalue weighted by atomic mass is 9.85. The maximum atomic E-state index is 11.7. The van der Waals surface area contributed by atoms with Crippen LogP contribution in [0.1, 0.15) is 6.92 Å². The summed E-state index contributed by atoms with van der Waals surface area (Å²) in [5.74, 6) is 0.956. The van der Waals surface area contributed by atoms with Crippen molar-refractivity contribution in [3.05, 3.63) is 0 Å². The van der Waals surface area contributed by atoms with Gasteiger partial charge in [0.05, 0.1) is 0 Å². The number of nitrogens with one attached hydrogen (secondary N) is 1. The van der Waals surface area contributed by atoms with Gasteiger partial charge in [0.25, 0.3) is 0 Å². The molecule has 2 saturated heterocycles. The summed E-state index contributed by atoms with van der Waals surface area (Å²) < 4.78 is 0. The number of likely N-dealkylation sites (N-methyl/N-ethyl adjacent to an activating group) is 1. The zero-order valence-electron chi connectivity index (χ0n) is 7.71. The molecule has 68 valence electrons. The first-order valence-corrected chi connectivity index (χ1v) is 4.65. The molecule has 2 aliphatic heterocycles. The lowest BCUT2D eigenvalue weighted by molar-refractivity contribution is -0.131. The van der Waals surface area contributed by atoms with Crippen LogP contribution in [0.3, 0.4) is 0 Å². The van der Waals surface area contributed by atoms with Crippen molar-refractivity contribution in [1.82, 2.24) is 10.2 Å². The van der Waals surface area contributed by atoms with E-state index in [0.29, 0.717) is 11.8 Å². The second kappa shape index (κ2) is 2.82.